The molecule has 2 fully saturated rings. The van der Waals surface area contributed by atoms with E-state index >= 15 is 0 Å². The van der Waals surface area contributed by atoms with E-state index in [0.29, 0.717) is 24.1 Å². The Balaban J connectivity index is 1.72. The van der Waals surface area contributed by atoms with Crippen molar-refractivity contribution < 1.29 is 9.21 Å². The van der Waals surface area contributed by atoms with E-state index in [9.17, 15) is 4.79 Å². The molecular formula is C17H28N4O2. The zero-order chi connectivity index (χ0) is 16.2. The molecule has 6 heteroatoms. The van der Waals surface area contributed by atoms with E-state index in [4.69, 9.17) is 4.42 Å². The molecule has 0 spiro atoms. The van der Waals surface area contributed by atoms with Gasteiger partial charge in [0, 0.05) is 25.4 Å². The van der Waals surface area contributed by atoms with E-state index in [1.165, 1.54) is 0 Å². The molecule has 1 aromatic rings. The Labute approximate surface area is 138 Å². The van der Waals surface area contributed by atoms with Gasteiger partial charge in [-0.05, 0) is 44.6 Å². The average molecular weight is 320 g/mol. The van der Waals surface area contributed by atoms with Gasteiger partial charge in [-0.2, -0.15) is 0 Å². The van der Waals surface area contributed by atoms with Crippen LogP contribution >= 0.6 is 0 Å². The molecule has 1 aromatic heterocycles. The summed E-state index contributed by atoms with van der Waals surface area (Å²) in [6, 6.07) is -0.0344. The van der Waals surface area contributed by atoms with Gasteiger partial charge in [0.15, 0.2) is 0 Å². The van der Waals surface area contributed by atoms with E-state index in [2.05, 4.69) is 29.4 Å². The van der Waals surface area contributed by atoms with Gasteiger partial charge in [-0.3, -0.25) is 4.79 Å². The smallest absolute Gasteiger partial charge is 0.238 e. The van der Waals surface area contributed by atoms with Crippen LogP contribution in [0.15, 0.2) is 4.42 Å². The highest BCUT2D eigenvalue weighted by molar-refractivity contribution is 5.76. The summed E-state index contributed by atoms with van der Waals surface area (Å²) in [6.45, 7) is 6.94. The topological polar surface area (TPSA) is 71.3 Å². The molecule has 2 atom stereocenters. The number of hydrogen-bond donors (Lipinski definition) is 1. The van der Waals surface area contributed by atoms with Crippen LogP contribution < -0.4 is 5.32 Å². The predicted molar refractivity (Wildman–Crippen MR) is 86.9 cm³/mol. The van der Waals surface area contributed by atoms with Gasteiger partial charge in [0.25, 0.3) is 0 Å². The number of aromatic nitrogens is 2. The maximum Gasteiger partial charge on any atom is 0.238 e. The fourth-order valence-corrected chi connectivity index (χ4v) is 3.56. The third kappa shape index (κ3) is 3.91. The third-order valence-electron chi connectivity index (χ3n) is 4.79. The zero-order valence-corrected chi connectivity index (χ0v) is 14.3. The molecule has 23 heavy (non-hydrogen) atoms. The standard InChI is InChI=1S/C17H28N4O2/c1-12(2)10-15(22)21-9-4-3-7-14(21)17-20-19-16(23-17)13-6-5-8-18-11-13/h12-14,18H,3-11H2,1-2H3/t13-,14+/m1/s1. The minimum absolute atomic E-state index is 0.0344. The summed E-state index contributed by atoms with van der Waals surface area (Å²) in [5.74, 6) is 2.25. The van der Waals surface area contributed by atoms with Gasteiger partial charge in [-0.1, -0.05) is 13.8 Å². The molecule has 3 heterocycles. The number of piperidine rings is 2. The van der Waals surface area contributed by atoms with Crippen LogP contribution in [0.1, 0.15) is 76.1 Å². The normalized spacial score (nSPS) is 25.8. The maximum absolute atomic E-state index is 12.5. The minimum atomic E-state index is -0.0344. The lowest BCUT2D eigenvalue weighted by Gasteiger charge is -2.34. The average Bonchev–Trinajstić information content (AvgIpc) is 3.05. The molecule has 2 aliphatic rings. The van der Waals surface area contributed by atoms with Crippen molar-refractivity contribution in [1.29, 1.82) is 0 Å². The third-order valence-corrected chi connectivity index (χ3v) is 4.79. The van der Waals surface area contributed by atoms with Gasteiger partial charge in [0.1, 0.15) is 6.04 Å². The second-order valence-corrected chi connectivity index (χ2v) is 7.22. The van der Waals surface area contributed by atoms with Crippen molar-refractivity contribution in [2.75, 3.05) is 19.6 Å². The SMILES string of the molecule is CC(C)CC(=O)N1CCCC[C@H]1c1nnc([C@@H]2CCCNC2)o1. The molecule has 0 radical (unpaired) electrons. The number of nitrogens with one attached hydrogen (secondary N) is 1. The van der Waals surface area contributed by atoms with E-state index in [-0.39, 0.29) is 11.9 Å². The highest BCUT2D eigenvalue weighted by atomic mass is 16.4. The molecule has 128 valence electrons. The van der Waals surface area contributed by atoms with E-state index < -0.39 is 0 Å². The Bertz CT molecular complexity index is 522. The van der Waals surface area contributed by atoms with Crippen LogP contribution in [0.25, 0.3) is 0 Å². The van der Waals surface area contributed by atoms with Crippen molar-refractivity contribution in [1.82, 2.24) is 20.4 Å². The van der Waals surface area contributed by atoms with Crippen molar-refractivity contribution in [2.45, 2.75) is 64.3 Å². The molecule has 0 unspecified atom stereocenters. The van der Waals surface area contributed by atoms with E-state index in [0.717, 1.165) is 57.6 Å². The molecular weight excluding hydrogens is 292 g/mol. The summed E-state index contributed by atoms with van der Waals surface area (Å²) < 4.78 is 5.99. The molecule has 0 saturated carbocycles. The summed E-state index contributed by atoms with van der Waals surface area (Å²) >= 11 is 0. The zero-order valence-electron chi connectivity index (χ0n) is 14.3. The summed E-state index contributed by atoms with van der Waals surface area (Å²) in [5.41, 5.74) is 0. The molecule has 0 aromatic carbocycles. The van der Waals surface area contributed by atoms with Crippen LogP contribution in [0.3, 0.4) is 0 Å². The second-order valence-electron chi connectivity index (χ2n) is 7.22. The minimum Gasteiger partial charge on any atom is -0.423 e. The molecule has 1 N–H and O–H groups in total. The fraction of sp³-hybridized carbons (Fsp3) is 0.824. The lowest BCUT2D eigenvalue weighted by molar-refractivity contribution is -0.136. The van der Waals surface area contributed by atoms with Gasteiger partial charge < -0.3 is 14.6 Å². The lowest BCUT2D eigenvalue weighted by Crippen LogP contribution is -2.39. The van der Waals surface area contributed by atoms with Crippen molar-refractivity contribution in [3.63, 3.8) is 0 Å². The highest BCUT2D eigenvalue weighted by Gasteiger charge is 2.33. The van der Waals surface area contributed by atoms with Crippen LogP contribution in [0, 0.1) is 5.92 Å². The Hall–Kier alpha value is -1.43. The molecule has 0 bridgehead atoms. The maximum atomic E-state index is 12.5. The first-order chi connectivity index (χ1) is 11.1. The summed E-state index contributed by atoms with van der Waals surface area (Å²) in [7, 11) is 0. The Kier molecular flexibility index (Phi) is 5.30. The molecule has 1 amide bonds. The Morgan fingerprint density at radius 2 is 2.09 bits per heavy atom. The largest absolute Gasteiger partial charge is 0.423 e. The number of likely N-dealkylation sites (tertiary alicyclic amines) is 1. The van der Waals surface area contributed by atoms with E-state index in [1.807, 2.05) is 4.90 Å². The molecule has 6 nitrogen and oxygen atoms in total. The first kappa shape index (κ1) is 16.4. The van der Waals surface area contributed by atoms with Crippen LogP contribution in [0.5, 0.6) is 0 Å². The molecule has 2 saturated heterocycles. The van der Waals surface area contributed by atoms with Crippen molar-refractivity contribution in [2.24, 2.45) is 5.92 Å². The van der Waals surface area contributed by atoms with Crippen molar-refractivity contribution in [3.05, 3.63) is 11.8 Å². The van der Waals surface area contributed by atoms with Crippen LogP contribution in [-0.4, -0.2) is 40.6 Å². The van der Waals surface area contributed by atoms with Gasteiger partial charge in [0.05, 0.1) is 0 Å². The number of rotatable bonds is 4. The fourth-order valence-electron chi connectivity index (χ4n) is 3.56. The molecule has 3 rings (SSSR count). The first-order valence-corrected chi connectivity index (χ1v) is 8.98. The van der Waals surface area contributed by atoms with Crippen molar-refractivity contribution in [3.8, 4) is 0 Å². The number of hydrogen-bond acceptors (Lipinski definition) is 5. The molecule has 0 aliphatic carbocycles. The number of carbonyl (C=O) groups excluding carboxylic acids is 1. The van der Waals surface area contributed by atoms with Gasteiger partial charge >= 0.3 is 0 Å². The van der Waals surface area contributed by atoms with Crippen LogP contribution in [0.2, 0.25) is 0 Å². The highest BCUT2D eigenvalue weighted by Crippen LogP contribution is 2.32. The number of carbonyl (C=O) groups is 1. The lowest BCUT2D eigenvalue weighted by atomic mass is 9.99. The first-order valence-electron chi connectivity index (χ1n) is 8.98. The summed E-state index contributed by atoms with van der Waals surface area (Å²) in [5, 5.41) is 11.9. The van der Waals surface area contributed by atoms with E-state index in [1.54, 1.807) is 0 Å². The second kappa shape index (κ2) is 7.43. The summed E-state index contributed by atoms with van der Waals surface area (Å²) in [4.78, 5) is 14.5. The van der Waals surface area contributed by atoms with Gasteiger partial charge in [0.2, 0.25) is 17.7 Å². The van der Waals surface area contributed by atoms with Gasteiger partial charge in [-0.25, -0.2) is 0 Å². The van der Waals surface area contributed by atoms with Crippen LogP contribution in [0.4, 0.5) is 0 Å². The van der Waals surface area contributed by atoms with Crippen LogP contribution in [-0.2, 0) is 4.79 Å². The van der Waals surface area contributed by atoms with Gasteiger partial charge in [-0.15, -0.1) is 10.2 Å². The monoisotopic (exact) mass is 320 g/mol. The Morgan fingerprint density at radius 1 is 1.26 bits per heavy atom. The number of amides is 1. The Morgan fingerprint density at radius 3 is 2.83 bits per heavy atom. The number of nitrogens with zero attached hydrogens (tertiary/aromatic N) is 3. The molecule has 2 aliphatic heterocycles. The summed E-state index contributed by atoms with van der Waals surface area (Å²) in [6.07, 6.45) is 5.92. The quantitative estimate of drug-likeness (QED) is 0.923. The van der Waals surface area contributed by atoms with Crippen molar-refractivity contribution >= 4 is 5.91 Å². The predicted octanol–water partition coefficient (Wildman–Crippen LogP) is 2.64.